The SMILES string of the molecule is C=C1CN1.CC(=O)Oc1ccccc1/C=C/C(N)=O.CCC. The molecule has 1 aromatic carbocycles. The van der Waals surface area contributed by atoms with Gasteiger partial charge in [-0.3, -0.25) is 9.59 Å². The summed E-state index contributed by atoms with van der Waals surface area (Å²) in [6.07, 6.45) is 3.96. The van der Waals surface area contributed by atoms with E-state index in [2.05, 4.69) is 25.7 Å². The van der Waals surface area contributed by atoms with Gasteiger partial charge in [-0.1, -0.05) is 45.0 Å². The Balaban J connectivity index is 0.000000519. The Bertz CT molecular complexity index is 530. The molecule has 1 saturated heterocycles. The van der Waals surface area contributed by atoms with E-state index in [0.717, 1.165) is 6.54 Å². The highest BCUT2D eigenvalue weighted by Gasteiger charge is 2.02. The van der Waals surface area contributed by atoms with E-state index in [4.69, 9.17) is 10.5 Å². The molecular weight excluding hydrogens is 280 g/mol. The molecular formula is C17H24N2O3. The van der Waals surface area contributed by atoms with E-state index in [9.17, 15) is 9.59 Å². The lowest BCUT2D eigenvalue weighted by Crippen LogP contribution is -2.05. The van der Waals surface area contributed by atoms with Crippen molar-refractivity contribution < 1.29 is 14.3 Å². The largest absolute Gasteiger partial charge is 0.426 e. The van der Waals surface area contributed by atoms with Crippen molar-refractivity contribution in [3.63, 3.8) is 0 Å². The number of nitrogens with one attached hydrogen (secondary N) is 1. The zero-order valence-corrected chi connectivity index (χ0v) is 13.4. The second-order valence-electron chi connectivity index (χ2n) is 4.53. The average molecular weight is 304 g/mol. The number of para-hydroxylation sites is 1. The zero-order valence-electron chi connectivity index (χ0n) is 13.4. The summed E-state index contributed by atoms with van der Waals surface area (Å²) in [5.41, 5.74) is 6.76. The molecule has 1 aliphatic heterocycles. The van der Waals surface area contributed by atoms with Gasteiger partial charge in [-0.2, -0.15) is 0 Å². The normalized spacial score (nSPS) is 11.3. The summed E-state index contributed by atoms with van der Waals surface area (Å²) in [6.45, 7) is 10.2. The van der Waals surface area contributed by atoms with Crippen molar-refractivity contribution in [2.75, 3.05) is 6.54 Å². The third kappa shape index (κ3) is 11.3. The topological polar surface area (TPSA) is 91.3 Å². The van der Waals surface area contributed by atoms with E-state index in [1.807, 2.05) is 0 Å². The first-order valence-electron chi connectivity index (χ1n) is 7.07. The summed E-state index contributed by atoms with van der Waals surface area (Å²) in [7, 11) is 0. The standard InChI is InChI=1S/C11H11NO3.C3H5N.C3H8/c1-8(13)15-10-5-3-2-4-9(10)6-7-11(12)14;1-3-2-4-3;1-3-2/h2-7H,1H3,(H2,12,14);4H,1-2H2;3H2,1-2H3/b7-6+;;. The van der Waals surface area contributed by atoms with Crippen LogP contribution in [-0.4, -0.2) is 18.4 Å². The van der Waals surface area contributed by atoms with Gasteiger partial charge in [0, 0.05) is 24.3 Å². The van der Waals surface area contributed by atoms with Crippen molar-refractivity contribution in [1.82, 2.24) is 5.32 Å². The van der Waals surface area contributed by atoms with Crippen LogP contribution >= 0.6 is 0 Å². The molecule has 0 aromatic heterocycles. The van der Waals surface area contributed by atoms with Crippen molar-refractivity contribution in [3.05, 3.63) is 48.2 Å². The molecule has 1 heterocycles. The number of rotatable bonds is 3. The zero-order chi connectivity index (χ0) is 17.0. The predicted octanol–water partition coefficient (Wildman–Crippen LogP) is 2.63. The number of hydrogen-bond acceptors (Lipinski definition) is 4. The van der Waals surface area contributed by atoms with Crippen LogP contribution in [-0.2, 0) is 9.59 Å². The third-order valence-corrected chi connectivity index (χ3v) is 2.03. The fourth-order valence-electron chi connectivity index (χ4n) is 1.10. The second kappa shape index (κ2) is 11.1. The van der Waals surface area contributed by atoms with Crippen LogP contribution in [0.15, 0.2) is 42.6 Å². The number of hydrogen-bond donors (Lipinski definition) is 2. The van der Waals surface area contributed by atoms with Gasteiger partial charge in [-0.05, 0) is 12.1 Å². The number of carbonyl (C=O) groups excluding carboxylic acids is 2. The molecule has 2 rings (SSSR count). The molecule has 0 bridgehead atoms. The molecule has 1 fully saturated rings. The van der Waals surface area contributed by atoms with Gasteiger partial charge in [-0.15, -0.1) is 0 Å². The van der Waals surface area contributed by atoms with Crippen LogP contribution < -0.4 is 15.8 Å². The average Bonchev–Trinajstić information content (AvgIpc) is 3.21. The Labute approximate surface area is 131 Å². The van der Waals surface area contributed by atoms with E-state index in [0.29, 0.717) is 11.3 Å². The van der Waals surface area contributed by atoms with Gasteiger partial charge < -0.3 is 15.8 Å². The molecule has 120 valence electrons. The van der Waals surface area contributed by atoms with Gasteiger partial charge in [0.15, 0.2) is 0 Å². The minimum Gasteiger partial charge on any atom is -0.426 e. The number of primary amides is 1. The number of benzene rings is 1. The second-order valence-corrected chi connectivity index (χ2v) is 4.53. The van der Waals surface area contributed by atoms with E-state index >= 15 is 0 Å². The van der Waals surface area contributed by atoms with E-state index in [-0.39, 0.29) is 0 Å². The number of esters is 1. The Morgan fingerprint density at radius 2 is 1.86 bits per heavy atom. The molecule has 5 heteroatoms. The highest BCUT2D eigenvalue weighted by atomic mass is 16.5. The van der Waals surface area contributed by atoms with Crippen molar-refractivity contribution >= 4 is 18.0 Å². The number of carbonyl (C=O) groups is 2. The Hall–Kier alpha value is -2.56. The summed E-state index contributed by atoms with van der Waals surface area (Å²) in [6, 6.07) is 6.87. The van der Waals surface area contributed by atoms with E-state index < -0.39 is 11.9 Å². The summed E-state index contributed by atoms with van der Waals surface area (Å²) >= 11 is 0. The third-order valence-electron chi connectivity index (χ3n) is 2.03. The van der Waals surface area contributed by atoms with Crippen LogP contribution in [0.1, 0.15) is 32.8 Å². The van der Waals surface area contributed by atoms with E-state index in [1.54, 1.807) is 24.3 Å². The number of ether oxygens (including phenoxy) is 1. The van der Waals surface area contributed by atoms with Gasteiger partial charge in [0.2, 0.25) is 5.91 Å². The molecule has 1 aromatic rings. The first-order chi connectivity index (χ1) is 10.4. The fourth-order valence-corrected chi connectivity index (χ4v) is 1.10. The minimum atomic E-state index is -0.548. The molecule has 5 nitrogen and oxygen atoms in total. The maximum absolute atomic E-state index is 10.8. The Kier molecular flexibility index (Phi) is 9.84. The van der Waals surface area contributed by atoms with Crippen LogP contribution in [0.3, 0.4) is 0 Å². The molecule has 1 amide bonds. The van der Waals surface area contributed by atoms with Crippen LogP contribution in [0.2, 0.25) is 0 Å². The highest BCUT2D eigenvalue weighted by molar-refractivity contribution is 5.90. The van der Waals surface area contributed by atoms with Crippen LogP contribution in [0.25, 0.3) is 6.08 Å². The summed E-state index contributed by atoms with van der Waals surface area (Å²) in [5, 5.41) is 2.90. The molecule has 1 aliphatic rings. The van der Waals surface area contributed by atoms with Gasteiger partial charge in [0.25, 0.3) is 0 Å². The first-order valence-corrected chi connectivity index (χ1v) is 7.07. The summed E-state index contributed by atoms with van der Waals surface area (Å²) in [4.78, 5) is 21.3. The molecule has 0 aliphatic carbocycles. The van der Waals surface area contributed by atoms with Crippen LogP contribution in [0.4, 0.5) is 0 Å². The van der Waals surface area contributed by atoms with Crippen molar-refractivity contribution in [1.29, 1.82) is 0 Å². The van der Waals surface area contributed by atoms with Crippen LogP contribution in [0.5, 0.6) is 5.75 Å². The smallest absolute Gasteiger partial charge is 0.308 e. The molecule has 0 saturated carbocycles. The maximum Gasteiger partial charge on any atom is 0.308 e. The fraction of sp³-hybridized carbons (Fsp3) is 0.294. The molecule has 0 radical (unpaired) electrons. The molecule has 0 atom stereocenters. The van der Waals surface area contributed by atoms with E-state index in [1.165, 1.54) is 31.2 Å². The lowest BCUT2D eigenvalue weighted by Gasteiger charge is -2.04. The van der Waals surface area contributed by atoms with Crippen molar-refractivity contribution in [2.45, 2.75) is 27.2 Å². The Morgan fingerprint density at radius 3 is 2.27 bits per heavy atom. The van der Waals surface area contributed by atoms with Crippen molar-refractivity contribution in [2.24, 2.45) is 5.73 Å². The first kappa shape index (κ1) is 19.4. The van der Waals surface area contributed by atoms with Crippen LogP contribution in [0, 0.1) is 0 Å². The van der Waals surface area contributed by atoms with Crippen molar-refractivity contribution in [3.8, 4) is 5.75 Å². The minimum absolute atomic E-state index is 0.405. The molecule has 0 spiro atoms. The monoisotopic (exact) mass is 304 g/mol. The molecule has 22 heavy (non-hydrogen) atoms. The van der Waals surface area contributed by atoms with Gasteiger partial charge in [0.05, 0.1) is 6.54 Å². The maximum atomic E-state index is 10.8. The highest BCUT2D eigenvalue weighted by Crippen LogP contribution is 2.19. The lowest BCUT2D eigenvalue weighted by atomic mass is 10.2. The molecule has 0 unspecified atom stereocenters. The van der Waals surface area contributed by atoms with Gasteiger partial charge in [-0.25, -0.2) is 0 Å². The predicted molar refractivity (Wildman–Crippen MR) is 89.1 cm³/mol. The number of amides is 1. The molecule has 3 N–H and O–H groups in total. The quantitative estimate of drug-likeness (QED) is 0.388. The lowest BCUT2D eigenvalue weighted by molar-refractivity contribution is -0.131. The summed E-state index contributed by atoms with van der Waals surface area (Å²) < 4.78 is 4.94. The van der Waals surface area contributed by atoms with Gasteiger partial charge in [0.1, 0.15) is 5.75 Å². The summed E-state index contributed by atoms with van der Waals surface area (Å²) in [5.74, 6) is -0.551. The Morgan fingerprint density at radius 1 is 1.36 bits per heavy atom. The number of nitrogens with two attached hydrogens (primary N) is 1. The van der Waals surface area contributed by atoms with Gasteiger partial charge >= 0.3 is 5.97 Å².